The largest absolute Gasteiger partial charge is 0.463 e. The van der Waals surface area contributed by atoms with Crippen LogP contribution in [0, 0.1) is 11.3 Å². The van der Waals surface area contributed by atoms with Gasteiger partial charge in [-0.25, -0.2) is 0 Å². The van der Waals surface area contributed by atoms with E-state index >= 15 is 0 Å². The molecular weight excluding hydrogens is 252 g/mol. The van der Waals surface area contributed by atoms with E-state index in [4.69, 9.17) is 9.47 Å². The van der Waals surface area contributed by atoms with Crippen LogP contribution in [0.15, 0.2) is 0 Å². The summed E-state index contributed by atoms with van der Waals surface area (Å²) >= 11 is 0. The molecule has 0 aromatic heterocycles. The average molecular weight is 284 g/mol. The minimum atomic E-state index is -0.411. The highest BCUT2D eigenvalue weighted by Crippen LogP contribution is 2.41. The zero-order valence-electron chi connectivity index (χ0n) is 14.1. The second kappa shape index (κ2) is 6.93. The highest BCUT2D eigenvalue weighted by atomic mass is 16.6. The van der Waals surface area contributed by atoms with Crippen LogP contribution in [0.25, 0.3) is 0 Å². The summed E-state index contributed by atoms with van der Waals surface area (Å²) in [6.07, 6.45) is 5.70. The third kappa shape index (κ3) is 5.82. The van der Waals surface area contributed by atoms with Gasteiger partial charge in [-0.05, 0) is 51.4 Å². The lowest BCUT2D eigenvalue weighted by molar-refractivity contribution is -0.161. The normalized spacial score (nSPS) is 24.2. The van der Waals surface area contributed by atoms with Crippen molar-refractivity contribution >= 4 is 5.97 Å². The first-order valence-electron chi connectivity index (χ1n) is 7.99. The van der Waals surface area contributed by atoms with Crippen molar-refractivity contribution in [2.45, 2.75) is 85.4 Å². The number of hydrogen-bond acceptors (Lipinski definition) is 3. The molecule has 0 heterocycles. The topological polar surface area (TPSA) is 35.5 Å². The Bertz CT molecular complexity index is 320. The molecule has 1 saturated carbocycles. The number of esters is 1. The maximum Gasteiger partial charge on any atom is 0.305 e. The lowest BCUT2D eigenvalue weighted by atomic mass is 9.71. The molecule has 2 atom stereocenters. The summed E-state index contributed by atoms with van der Waals surface area (Å²) in [6, 6.07) is 0. The van der Waals surface area contributed by atoms with E-state index in [2.05, 4.69) is 20.8 Å². The molecule has 1 aliphatic carbocycles. The third-order valence-electron chi connectivity index (χ3n) is 4.28. The molecule has 1 rings (SSSR count). The van der Waals surface area contributed by atoms with E-state index in [-0.39, 0.29) is 12.1 Å². The Morgan fingerprint density at radius 2 is 2.05 bits per heavy atom. The Labute approximate surface area is 124 Å². The van der Waals surface area contributed by atoms with Crippen LogP contribution in [0.1, 0.15) is 73.6 Å². The lowest BCUT2D eigenvalue weighted by Crippen LogP contribution is -2.40. The molecule has 0 saturated heterocycles. The standard InChI is InChI=1S/C17H32O3/c1-7-15(18)19-12-17(5,6)20-13(2)14-9-8-10-16(3,4)11-14/h13-14H,7-12H2,1-6H3/t13-,14+/m0/s1. The van der Waals surface area contributed by atoms with Gasteiger partial charge in [0.25, 0.3) is 0 Å². The lowest BCUT2D eigenvalue weighted by Gasteiger charge is -2.40. The van der Waals surface area contributed by atoms with Gasteiger partial charge in [0.15, 0.2) is 0 Å². The summed E-state index contributed by atoms with van der Waals surface area (Å²) in [5.74, 6) is 0.452. The summed E-state index contributed by atoms with van der Waals surface area (Å²) in [4.78, 5) is 11.3. The van der Waals surface area contributed by atoms with Crippen LogP contribution in [-0.2, 0) is 14.3 Å². The van der Waals surface area contributed by atoms with E-state index in [1.165, 1.54) is 25.7 Å². The molecule has 0 radical (unpaired) electrons. The fraction of sp³-hybridized carbons (Fsp3) is 0.941. The summed E-state index contributed by atoms with van der Waals surface area (Å²) in [6.45, 7) is 13.0. The van der Waals surface area contributed by atoms with Crippen molar-refractivity contribution in [3.63, 3.8) is 0 Å². The van der Waals surface area contributed by atoms with E-state index in [0.29, 0.717) is 24.4 Å². The molecule has 0 spiro atoms. The molecule has 20 heavy (non-hydrogen) atoms. The van der Waals surface area contributed by atoms with Crippen LogP contribution in [0.4, 0.5) is 0 Å². The highest BCUT2D eigenvalue weighted by molar-refractivity contribution is 5.68. The second-order valence-corrected chi connectivity index (χ2v) is 7.62. The fourth-order valence-corrected chi connectivity index (χ4v) is 3.15. The first-order valence-corrected chi connectivity index (χ1v) is 7.99. The first-order chi connectivity index (χ1) is 9.15. The van der Waals surface area contributed by atoms with Crippen molar-refractivity contribution in [3.8, 4) is 0 Å². The van der Waals surface area contributed by atoms with E-state index in [1.807, 2.05) is 20.8 Å². The summed E-state index contributed by atoms with van der Waals surface area (Å²) in [5.41, 5.74) is 0.0190. The zero-order valence-corrected chi connectivity index (χ0v) is 14.1. The van der Waals surface area contributed by atoms with Crippen LogP contribution in [0.5, 0.6) is 0 Å². The molecule has 0 aliphatic heterocycles. The van der Waals surface area contributed by atoms with Crippen molar-refractivity contribution in [2.24, 2.45) is 11.3 Å². The number of rotatable bonds is 6. The first kappa shape index (κ1) is 17.5. The Morgan fingerprint density at radius 3 is 2.60 bits per heavy atom. The predicted molar refractivity (Wildman–Crippen MR) is 81.6 cm³/mol. The quantitative estimate of drug-likeness (QED) is 0.681. The number of ether oxygens (including phenoxy) is 2. The Morgan fingerprint density at radius 1 is 1.40 bits per heavy atom. The van der Waals surface area contributed by atoms with Crippen molar-refractivity contribution in [3.05, 3.63) is 0 Å². The van der Waals surface area contributed by atoms with Crippen molar-refractivity contribution in [2.75, 3.05) is 6.61 Å². The maximum atomic E-state index is 11.3. The number of hydrogen-bond donors (Lipinski definition) is 0. The van der Waals surface area contributed by atoms with Gasteiger partial charge in [0.05, 0.1) is 11.7 Å². The summed E-state index contributed by atoms with van der Waals surface area (Å²) in [7, 11) is 0. The number of carbonyl (C=O) groups excluding carboxylic acids is 1. The van der Waals surface area contributed by atoms with Gasteiger partial charge in [0, 0.05) is 6.42 Å². The molecule has 0 bridgehead atoms. The van der Waals surface area contributed by atoms with Gasteiger partial charge >= 0.3 is 5.97 Å². The minimum absolute atomic E-state index is 0.159. The summed E-state index contributed by atoms with van der Waals surface area (Å²) in [5, 5.41) is 0. The smallest absolute Gasteiger partial charge is 0.305 e. The Balaban J connectivity index is 2.47. The monoisotopic (exact) mass is 284 g/mol. The highest BCUT2D eigenvalue weighted by Gasteiger charge is 2.34. The second-order valence-electron chi connectivity index (χ2n) is 7.62. The average Bonchev–Trinajstić information content (AvgIpc) is 2.34. The third-order valence-corrected chi connectivity index (χ3v) is 4.28. The SMILES string of the molecule is CCC(=O)OCC(C)(C)O[C@@H](C)[C@@H]1CCCC(C)(C)C1. The van der Waals surface area contributed by atoms with E-state index < -0.39 is 5.60 Å². The van der Waals surface area contributed by atoms with E-state index in [1.54, 1.807) is 0 Å². The van der Waals surface area contributed by atoms with Crippen LogP contribution in [0.3, 0.4) is 0 Å². The molecular formula is C17H32O3. The molecule has 3 heteroatoms. The molecule has 118 valence electrons. The van der Waals surface area contributed by atoms with Gasteiger partial charge in [0.2, 0.25) is 0 Å². The molecule has 3 nitrogen and oxygen atoms in total. The van der Waals surface area contributed by atoms with Gasteiger partial charge in [-0.15, -0.1) is 0 Å². The van der Waals surface area contributed by atoms with Crippen molar-refractivity contribution < 1.29 is 14.3 Å². The molecule has 0 N–H and O–H groups in total. The Kier molecular flexibility index (Phi) is 6.06. The van der Waals surface area contributed by atoms with Crippen molar-refractivity contribution in [1.29, 1.82) is 0 Å². The maximum absolute atomic E-state index is 11.3. The predicted octanol–water partition coefficient (Wildman–Crippen LogP) is 4.34. The van der Waals surface area contributed by atoms with Gasteiger partial charge < -0.3 is 9.47 Å². The van der Waals surface area contributed by atoms with Crippen LogP contribution >= 0.6 is 0 Å². The summed E-state index contributed by atoms with van der Waals surface area (Å²) < 4.78 is 11.4. The number of carbonyl (C=O) groups is 1. The van der Waals surface area contributed by atoms with Crippen LogP contribution < -0.4 is 0 Å². The van der Waals surface area contributed by atoms with Gasteiger partial charge in [-0.1, -0.05) is 27.2 Å². The van der Waals surface area contributed by atoms with Gasteiger partial charge in [0.1, 0.15) is 6.61 Å². The van der Waals surface area contributed by atoms with Crippen LogP contribution in [0.2, 0.25) is 0 Å². The fourth-order valence-electron chi connectivity index (χ4n) is 3.15. The molecule has 0 unspecified atom stereocenters. The van der Waals surface area contributed by atoms with Gasteiger partial charge in [-0.3, -0.25) is 4.79 Å². The minimum Gasteiger partial charge on any atom is -0.463 e. The van der Waals surface area contributed by atoms with E-state index in [9.17, 15) is 4.79 Å². The van der Waals surface area contributed by atoms with E-state index in [0.717, 1.165) is 0 Å². The Hall–Kier alpha value is -0.570. The van der Waals surface area contributed by atoms with Crippen molar-refractivity contribution in [1.82, 2.24) is 0 Å². The molecule has 0 aromatic rings. The molecule has 0 aromatic carbocycles. The molecule has 0 amide bonds. The van der Waals surface area contributed by atoms with Gasteiger partial charge in [-0.2, -0.15) is 0 Å². The zero-order chi connectivity index (χ0) is 15.4. The molecule has 1 fully saturated rings. The van der Waals surface area contributed by atoms with Crippen LogP contribution in [-0.4, -0.2) is 24.3 Å². The molecule has 1 aliphatic rings.